The highest BCUT2D eigenvalue weighted by Gasteiger charge is 2.20. The lowest BCUT2D eigenvalue weighted by atomic mass is 10.4. The largest absolute Gasteiger partial charge is 0.379 e. The number of guanidine groups is 1. The highest BCUT2D eigenvalue weighted by Crippen LogP contribution is 2.28. The Labute approximate surface area is 112 Å². The quantitative estimate of drug-likeness (QED) is 0.450. The summed E-state index contributed by atoms with van der Waals surface area (Å²) < 4.78 is 5.56. The van der Waals surface area contributed by atoms with Gasteiger partial charge < -0.3 is 15.4 Å². The summed E-state index contributed by atoms with van der Waals surface area (Å²) in [7, 11) is 1.79. The standard InChI is InChI=1S/C13H21N3OS/c1-14-13(16-9-12-3-2-8-18-12)15-6-7-17-10-11-4-5-11/h2-3,8,11H,4-7,9-10H2,1H3,(H2,14,15,16). The van der Waals surface area contributed by atoms with Gasteiger partial charge in [0.2, 0.25) is 0 Å². The van der Waals surface area contributed by atoms with E-state index in [1.54, 1.807) is 18.4 Å². The molecule has 2 N–H and O–H groups in total. The Morgan fingerprint density at radius 3 is 3.06 bits per heavy atom. The average molecular weight is 267 g/mol. The second kappa shape index (κ2) is 7.38. The molecule has 0 spiro atoms. The third-order valence-corrected chi connectivity index (χ3v) is 3.70. The van der Waals surface area contributed by atoms with Crippen LogP contribution in [0.4, 0.5) is 0 Å². The molecule has 0 saturated heterocycles. The lowest BCUT2D eigenvalue weighted by Crippen LogP contribution is -2.38. The molecule has 0 unspecified atom stereocenters. The van der Waals surface area contributed by atoms with Crippen LogP contribution in [0.5, 0.6) is 0 Å². The molecular weight excluding hydrogens is 246 g/mol. The highest BCUT2D eigenvalue weighted by molar-refractivity contribution is 7.09. The van der Waals surface area contributed by atoms with Crippen LogP contribution < -0.4 is 10.6 Å². The van der Waals surface area contributed by atoms with Gasteiger partial charge in [-0.3, -0.25) is 4.99 Å². The third-order valence-electron chi connectivity index (χ3n) is 2.82. The molecule has 1 saturated carbocycles. The molecule has 0 aliphatic heterocycles. The Balaban J connectivity index is 1.54. The fourth-order valence-electron chi connectivity index (χ4n) is 1.58. The van der Waals surface area contributed by atoms with E-state index in [1.807, 2.05) is 0 Å². The fraction of sp³-hybridized carbons (Fsp3) is 0.615. The van der Waals surface area contributed by atoms with Gasteiger partial charge in [-0.1, -0.05) is 6.07 Å². The van der Waals surface area contributed by atoms with Gasteiger partial charge in [0.05, 0.1) is 13.2 Å². The topological polar surface area (TPSA) is 45.7 Å². The molecule has 0 atom stereocenters. The number of thiophene rings is 1. The van der Waals surface area contributed by atoms with Gasteiger partial charge in [-0.2, -0.15) is 0 Å². The van der Waals surface area contributed by atoms with Gasteiger partial charge in [0.15, 0.2) is 5.96 Å². The summed E-state index contributed by atoms with van der Waals surface area (Å²) in [5.74, 6) is 1.67. The minimum atomic E-state index is 0.746. The average Bonchev–Trinajstić information content (AvgIpc) is 3.06. The number of nitrogens with one attached hydrogen (secondary N) is 2. The summed E-state index contributed by atoms with van der Waals surface area (Å²) >= 11 is 1.75. The SMILES string of the molecule is CN=C(NCCOCC1CC1)NCc1cccs1. The maximum Gasteiger partial charge on any atom is 0.191 e. The van der Waals surface area contributed by atoms with Crippen LogP contribution in [0.15, 0.2) is 22.5 Å². The van der Waals surface area contributed by atoms with E-state index < -0.39 is 0 Å². The molecule has 4 nitrogen and oxygen atoms in total. The van der Waals surface area contributed by atoms with Crippen molar-refractivity contribution in [2.24, 2.45) is 10.9 Å². The zero-order valence-electron chi connectivity index (χ0n) is 10.8. The number of ether oxygens (including phenoxy) is 1. The van der Waals surface area contributed by atoms with Crippen LogP contribution in [0.25, 0.3) is 0 Å². The minimum Gasteiger partial charge on any atom is -0.379 e. The number of aliphatic imine (C=N–C) groups is 1. The predicted octanol–water partition coefficient (Wildman–Crippen LogP) is 1.84. The first-order valence-corrected chi connectivity index (χ1v) is 7.31. The second-order valence-corrected chi connectivity index (χ2v) is 5.48. The van der Waals surface area contributed by atoms with Crippen molar-refractivity contribution >= 4 is 17.3 Å². The molecule has 1 aromatic heterocycles. The third kappa shape index (κ3) is 5.06. The smallest absolute Gasteiger partial charge is 0.191 e. The van der Waals surface area contributed by atoms with Crippen molar-refractivity contribution in [1.29, 1.82) is 0 Å². The molecular formula is C13H21N3OS. The minimum absolute atomic E-state index is 0.746. The molecule has 0 radical (unpaired) electrons. The van der Waals surface area contributed by atoms with Crippen molar-refractivity contribution in [2.75, 3.05) is 26.8 Å². The van der Waals surface area contributed by atoms with Crippen molar-refractivity contribution < 1.29 is 4.74 Å². The number of nitrogens with zero attached hydrogens (tertiary/aromatic N) is 1. The van der Waals surface area contributed by atoms with Crippen LogP contribution in [0.3, 0.4) is 0 Å². The molecule has 18 heavy (non-hydrogen) atoms. The lowest BCUT2D eigenvalue weighted by Gasteiger charge is -2.11. The van der Waals surface area contributed by atoms with E-state index in [0.717, 1.165) is 38.2 Å². The Morgan fingerprint density at radius 1 is 1.50 bits per heavy atom. The summed E-state index contributed by atoms with van der Waals surface area (Å²) in [6, 6.07) is 4.17. The molecule has 1 aliphatic carbocycles. The zero-order valence-corrected chi connectivity index (χ0v) is 11.6. The van der Waals surface area contributed by atoms with Crippen molar-refractivity contribution in [1.82, 2.24) is 10.6 Å². The van der Waals surface area contributed by atoms with Gasteiger partial charge in [0.25, 0.3) is 0 Å². The normalized spacial score (nSPS) is 15.7. The van der Waals surface area contributed by atoms with Crippen LogP contribution >= 0.6 is 11.3 Å². The van der Waals surface area contributed by atoms with Crippen LogP contribution in [0.1, 0.15) is 17.7 Å². The maximum atomic E-state index is 5.56. The van der Waals surface area contributed by atoms with E-state index in [9.17, 15) is 0 Å². The van der Waals surface area contributed by atoms with E-state index in [1.165, 1.54) is 17.7 Å². The molecule has 0 bridgehead atoms. The van der Waals surface area contributed by atoms with E-state index in [2.05, 4.69) is 33.1 Å². The van der Waals surface area contributed by atoms with Gasteiger partial charge in [-0.05, 0) is 30.2 Å². The monoisotopic (exact) mass is 267 g/mol. The first-order chi connectivity index (χ1) is 8.88. The van der Waals surface area contributed by atoms with Crippen LogP contribution in [0.2, 0.25) is 0 Å². The molecule has 1 aliphatic rings. The highest BCUT2D eigenvalue weighted by atomic mass is 32.1. The van der Waals surface area contributed by atoms with Crippen LogP contribution in [-0.2, 0) is 11.3 Å². The Bertz CT molecular complexity index is 360. The van der Waals surface area contributed by atoms with Crippen molar-refractivity contribution in [3.8, 4) is 0 Å². The van der Waals surface area contributed by atoms with Crippen LogP contribution in [0, 0.1) is 5.92 Å². The number of hydrogen-bond donors (Lipinski definition) is 2. The molecule has 100 valence electrons. The van der Waals surface area contributed by atoms with Gasteiger partial charge in [-0.25, -0.2) is 0 Å². The van der Waals surface area contributed by atoms with Gasteiger partial charge in [0, 0.05) is 25.1 Å². The fourth-order valence-corrected chi connectivity index (χ4v) is 2.23. The van der Waals surface area contributed by atoms with Gasteiger partial charge in [0.1, 0.15) is 0 Å². The number of hydrogen-bond acceptors (Lipinski definition) is 3. The summed E-state index contributed by atoms with van der Waals surface area (Å²) in [6.45, 7) is 3.29. The Morgan fingerprint density at radius 2 is 2.39 bits per heavy atom. The molecule has 5 heteroatoms. The predicted molar refractivity (Wildman–Crippen MR) is 76.1 cm³/mol. The summed E-state index contributed by atoms with van der Waals surface area (Å²) in [6.07, 6.45) is 2.69. The molecule has 1 heterocycles. The van der Waals surface area contributed by atoms with E-state index in [-0.39, 0.29) is 0 Å². The van der Waals surface area contributed by atoms with Crippen molar-refractivity contribution in [3.63, 3.8) is 0 Å². The second-order valence-electron chi connectivity index (χ2n) is 4.45. The molecule has 1 fully saturated rings. The zero-order chi connectivity index (χ0) is 12.6. The van der Waals surface area contributed by atoms with E-state index in [0.29, 0.717) is 0 Å². The lowest BCUT2D eigenvalue weighted by molar-refractivity contribution is 0.129. The Hall–Kier alpha value is -1.07. The van der Waals surface area contributed by atoms with Gasteiger partial charge in [-0.15, -0.1) is 11.3 Å². The molecule has 2 rings (SSSR count). The molecule has 0 amide bonds. The first kappa shape index (κ1) is 13.4. The number of rotatable bonds is 7. The van der Waals surface area contributed by atoms with E-state index in [4.69, 9.17) is 4.74 Å². The Kier molecular flexibility index (Phi) is 5.48. The van der Waals surface area contributed by atoms with Crippen molar-refractivity contribution in [2.45, 2.75) is 19.4 Å². The van der Waals surface area contributed by atoms with Gasteiger partial charge >= 0.3 is 0 Å². The molecule has 0 aromatic carbocycles. The summed E-state index contributed by atoms with van der Waals surface area (Å²) in [5.41, 5.74) is 0. The molecule has 1 aromatic rings. The van der Waals surface area contributed by atoms with E-state index >= 15 is 0 Å². The van der Waals surface area contributed by atoms with Crippen LogP contribution in [-0.4, -0.2) is 32.8 Å². The summed E-state index contributed by atoms with van der Waals surface area (Å²) in [4.78, 5) is 5.48. The maximum absolute atomic E-state index is 5.56. The van der Waals surface area contributed by atoms with Crippen molar-refractivity contribution in [3.05, 3.63) is 22.4 Å². The first-order valence-electron chi connectivity index (χ1n) is 6.43. The summed E-state index contributed by atoms with van der Waals surface area (Å²) in [5, 5.41) is 8.60.